The van der Waals surface area contributed by atoms with Crippen LogP contribution in [0, 0.1) is 0 Å². The molecule has 1 aliphatic rings. The maximum Gasteiger partial charge on any atom is 0.215 e. The highest BCUT2D eigenvalue weighted by Crippen LogP contribution is 2.10. The Bertz CT molecular complexity index is 543. The number of aliphatic hydroxyl groups excluding tert-OH is 1. The molecule has 1 aliphatic heterocycles. The summed E-state index contributed by atoms with van der Waals surface area (Å²) in [5, 5.41) is 9.07. The third kappa shape index (κ3) is 5.96. The van der Waals surface area contributed by atoms with E-state index in [0.717, 1.165) is 36.7 Å². The van der Waals surface area contributed by atoms with Crippen molar-refractivity contribution in [1.82, 2.24) is 9.62 Å². The van der Waals surface area contributed by atoms with E-state index in [2.05, 4.69) is 9.62 Å². The fraction of sp³-hybridized carbons (Fsp3) is 0.571. The summed E-state index contributed by atoms with van der Waals surface area (Å²) in [4.78, 5) is 2.28. The van der Waals surface area contributed by atoms with Crippen LogP contribution in [-0.4, -0.2) is 56.1 Å². The van der Waals surface area contributed by atoms with E-state index in [9.17, 15) is 8.42 Å². The third-order valence-electron chi connectivity index (χ3n) is 3.38. The molecule has 0 amide bonds. The van der Waals surface area contributed by atoms with Crippen molar-refractivity contribution in [1.29, 1.82) is 0 Å². The van der Waals surface area contributed by atoms with Gasteiger partial charge < -0.3 is 10.0 Å². The molecule has 1 aromatic rings. The molecule has 0 atom stereocenters. The van der Waals surface area contributed by atoms with E-state index >= 15 is 0 Å². The number of hydrogen-bond donors (Lipinski definition) is 2. The number of hydrogen-bond acceptors (Lipinski definition) is 5. The molecule has 0 radical (unpaired) electrons. The Labute approximate surface area is 130 Å². The molecular weight excluding hydrogens is 308 g/mol. The van der Waals surface area contributed by atoms with Crippen LogP contribution >= 0.6 is 11.8 Å². The van der Waals surface area contributed by atoms with E-state index in [1.807, 2.05) is 11.8 Å². The van der Waals surface area contributed by atoms with Crippen molar-refractivity contribution in [2.75, 3.05) is 37.7 Å². The number of rotatable bonds is 7. The van der Waals surface area contributed by atoms with Crippen LogP contribution < -0.4 is 4.72 Å². The maximum absolute atomic E-state index is 12.0. The van der Waals surface area contributed by atoms with Gasteiger partial charge in [0.25, 0.3) is 0 Å². The lowest BCUT2D eigenvalue weighted by atomic mass is 10.1. The van der Waals surface area contributed by atoms with Crippen LogP contribution in [-0.2, 0) is 22.4 Å². The minimum atomic E-state index is -3.32. The average Bonchev–Trinajstić information content (AvgIpc) is 2.48. The molecule has 1 heterocycles. The first-order chi connectivity index (χ1) is 10.1. The molecule has 0 aromatic heterocycles. The Morgan fingerprint density at radius 3 is 2.67 bits per heavy atom. The van der Waals surface area contributed by atoms with Crippen molar-refractivity contribution < 1.29 is 13.5 Å². The molecule has 5 nitrogen and oxygen atoms in total. The summed E-state index contributed by atoms with van der Waals surface area (Å²) in [6, 6.07) is 7.03. The summed E-state index contributed by atoms with van der Waals surface area (Å²) in [5.41, 5.74) is 1.43. The summed E-state index contributed by atoms with van der Waals surface area (Å²) >= 11 is 1.94. The highest BCUT2D eigenvalue weighted by molar-refractivity contribution is 7.99. The Morgan fingerprint density at radius 1 is 1.24 bits per heavy atom. The predicted octanol–water partition coefficient (Wildman–Crippen LogP) is 0.647. The summed E-state index contributed by atoms with van der Waals surface area (Å²) < 4.78 is 26.7. The predicted molar refractivity (Wildman–Crippen MR) is 86.8 cm³/mol. The second-order valence-corrected chi connectivity index (χ2v) is 8.12. The lowest BCUT2D eigenvalue weighted by Crippen LogP contribution is -2.39. The molecule has 0 spiro atoms. The van der Waals surface area contributed by atoms with Gasteiger partial charge in [0.15, 0.2) is 0 Å². The molecule has 1 aromatic carbocycles. The lowest BCUT2D eigenvalue weighted by Gasteiger charge is -2.25. The van der Waals surface area contributed by atoms with Crippen LogP contribution in [0.4, 0.5) is 0 Å². The minimum Gasteiger partial charge on any atom is -0.392 e. The number of aliphatic hydroxyl groups is 1. The highest BCUT2D eigenvalue weighted by Gasteiger charge is 2.14. The Balaban J connectivity index is 1.80. The van der Waals surface area contributed by atoms with Gasteiger partial charge in [0.05, 0.1) is 12.4 Å². The van der Waals surface area contributed by atoms with Gasteiger partial charge in [0, 0.05) is 37.7 Å². The largest absolute Gasteiger partial charge is 0.392 e. The first-order valence-corrected chi connectivity index (χ1v) is 9.86. The summed E-state index contributed by atoms with van der Waals surface area (Å²) in [6.45, 7) is 3.20. The van der Waals surface area contributed by atoms with Crippen LogP contribution in [0.25, 0.3) is 0 Å². The molecule has 2 rings (SSSR count). The van der Waals surface area contributed by atoms with Crippen molar-refractivity contribution in [3.63, 3.8) is 0 Å². The number of nitrogens with one attached hydrogen (secondary N) is 1. The number of benzene rings is 1. The monoisotopic (exact) mass is 330 g/mol. The topological polar surface area (TPSA) is 69.6 Å². The van der Waals surface area contributed by atoms with Crippen molar-refractivity contribution in [2.45, 2.75) is 12.4 Å². The van der Waals surface area contributed by atoms with E-state index in [1.54, 1.807) is 24.3 Å². The molecular formula is C14H22N2O3S2. The smallest absolute Gasteiger partial charge is 0.215 e. The molecule has 0 bridgehead atoms. The van der Waals surface area contributed by atoms with Crippen LogP contribution in [0.15, 0.2) is 24.3 Å². The fourth-order valence-corrected chi connectivity index (χ4v) is 4.37. The third-order valence-corrected chi connectivity index (χ3v) is 5.68. The minimum absolute atomic E-state index is 0.0449. The Hall–Kier alpha value is -0.600. The quantitative estimate of drug-likeness (QED) is 0.768. The van der Waals surface area contributed by atoms with Crippen LogP contribution in [0.1, 0.15) is 11.1 Å². The summed E-state index contributed by atoms with van der Waals surface area (Å²) in [7, 11) is -3.32. The lowest BCUT2D eigenvalue weighted by molar-refractivity contribution is 0.282. The van der Waals surface area contributed by atoms with E-state index in [-0.39, 0.29) is 12.4 Å². The molecule has 21 heavy (non-hydrogen) atoms. The zero-order valence-electron chi connectivity index (χ0n) is 12.0. The SMILES string of the molecule is O=S(=O)(Cc1cccc(CO)c1)NCCN1CCSCC1. The molecule has 0 saturated carbocycles. The van der Waals surface area contributed by atoms with Crippen molar-refractivity contribution in [2.24, 2.45) is 0 Å². The van der Waals surface area contributed by atoms with Gasteiger partial charge in [-0.05, 0) is 11.1 Å². The molecule has 0 unspecified atom stereocenters. The molecule has 1 fully saturated rings. The van der Waals surface area contributed by atoms with E-state index in [1.165, 1.54) is 0 Å². The standard InChI is InChI=1S/C14H22N2O3S2/c17-11-13-2-1-3-14(10-13)12-21(18,19)15-4-5-16-6-8-20-9-7-16/h1-3,10,15,17H,4-9,11-12H2. The van der Waals surface area contributed by atoms with Crippen LogP contribution in [0.2, 0.25) is 0 Å². The van der Waals surface area contributed by atoms with E-state index < -0.39 is 10.0 Å². The number of nitrogens with zero attached hydrogens (tertiary/aromatic N) is 1. The van der Waals surface area contributed by atoms with E-state index in [0.29, 0.717) is 12.1 Å². The molecule has 7 heteroatoms. The van der Waals surface area contributed by atoms with Gasteiger partial charge >= 0.3 is 0 Å². The number of sulfonamides is 1. The average molecular weight is 330 g/mol. The van der Waals surface area contributed by atoms with Crippen LogP contribution in [0.3, 0.4) is 0 Å². The van der Waals surface area contributed by atoms with Gasteiger partial charge in [0.1, 0.15) is 0 Å². The van der Waals surface area contributed by atoms with Crippen molar-refractivity contribution in [3.8, 4) is 0 Å². The van der Waals surface area contributed by atoms with Crippen LogP contribution in [0.5, 0.6) is 0 Å². The van der Waals surface area contributed by atoms with Gasteiger partial charge in [-0.25, -0.2) is 13.1 Å². The maximum atomic E-state index is 12.0. The molecule has 2 N–H and O–H groups in total. The molecule has 1 saturated heterocycles. The Kier molecular flexibility index (Phi) is 6.50. The number of thioether (sulfide) groups is 1. The molecule has 118 valence electrons. The van der Waals surface area contributed by atoms with Gasteiger partial charge in [-0.2, -0.15) is 11.8 Å². The molecule has 0 aliphatic carbocycles. The zero-order chi connectivity index (χ0) is 15.1. The van der Waals surface area contributed by atoms with Crippen molar-refractivity contribution >= 4 is 21.8 Å². The zero-order valence-corrected chi connectivity index (χ0v) is 13.6. The normalized spacial score (nSPS) is 17.0. The van der Waals surface area contributed by atoms with E-state index in [4.69, 9.17) is 5.11 Å². The first kappa shape index (κ1) is 16.8. The van der Waals surface area contributed by atoms with Gasteiger partial charge in [0.2, 0.25) is 10.0 Å². The fourth-order valence-electron chi connectivity index (χ4n) is 2.27. The second-order valence-electron chi connectivity index (χ2n) is 5.09. The summed E-state index contributed by atoms with van der Waals surface area (Å²) in [5.74, 6) is 2.21. The van der Waals surface area contributed by atoms with Gasteiger partial charge in [-0.1, -0.05) is 24.3 Å². The van der Waals surface area contributed by atoms with Gasteiger partial charge in [-0.3, -0.25) is 0 Å². The Morgan fingerprint density at radius 2 is 1.95 bits per heavy atom. The van der Waals surface area contributed by atoms with Crippen molar-refractivity contribution in [3.05, 3.63) is 35.4 Å². The second kappa shape index (κ2) is 8.14. The first-order valence-electron chi connectivity index (χ1n) is 7.05. The summed E-state index contributed by atoms with van der Waals surface area (Å²) in [6.07, 6.45) is 0. The highest BCUT2D eigenvalue weighted by atomic mass is 32.2. The van der Waals surface area contributed by atoms with Gasteiger partial charge in [-0.15, -0.1) is 0 Å².